The first-order chi connectivity index (χ1) is 10.5. The second-order valence-corrected chi connectivity index (χ2v) is 9.20. The fourth-order valence-corrected chi connectivity index (χ4v) is 6.02. The van der Waals surface area contributed by atoms with Gasteiger partial charge >= 0.3 is 0 Å². The van der Waals surface area contributed by atoms with Crippen molar-refractivity contribution in [1.82, 2.24) is 14.2 Å². The number of aromatic nitrogens is 1. The van der Waals surface area contributed by atoms with E-state index in [-0.39, 0.29) is 0 Å². The number of hydrogen-bond donors (Lipinski definition) is 0. The molecule has 0 spiro atoms. The smallest absolute Gasteiger partial charge is 0.243 e. The van der Waals surface area contributed by atoms with E-state index in [1.54, 1.807) is 28.0 Å². The molecule has 3 heterocycles. The molecule has 4 rings (SSSR count). The van der Waals surface area contributed by atoms with E-state index in [0.717, 1.165) is 29.7 Å². The van der Waals surface area contributed by atoms with E-state index in [0.29, 0.717) is 29.8 Å². The molecule has 0 amide bonds. The number of piperidine rings is 1. The Morgan fingerprint density at radius 3 is 2.91 bits per heavy atom. The summed E-state index contributed by atoms with van der Waals surface area (Å²) in [7, 11) is -1.27. The molecule has 0 bridgehead atoms. The van der Waals surface area contributed by atoms with Gasteiger partial charge in [-0.05, 0) is 50.0 Å². The van der Waals surface area contributed by atoms with E-state index in [1.807, 2.05) is 0 Å². The van der Waals surface area contributed by atoms with Crippen LogP contribution in [-0.2, 0) is 10.0 Å². The molecular formula is C15H19N3O2S2. The molecule has 5 nitrogen and oxygen atoms in total. The fraction of sp³-hybridized carbons (Fsp3) is 0.533. The summed E-state index contributed by atoms with van der Waals surface area (Å²) in [5.41, 5.74) is 2.61. The molecule has 2 fully saturated rings. The van der Waals surface area contributed by atoms with Crippen molar-refractivity contribution >= 4 is 31.6 Å². The molecule has 118 valence electrons. The first-order valence-electron chi connectivity index (χ1n) is 7.56. The Morgan fingerprint density at radius 2 is 2.05 bits per heavy atom. The zero-order valence-electron chi connectivity index (χ0n) is 12.5. The van der Waals surface area contributed by atoms with Crippen LogP contribution in [0.4, 0.5) is 0 Å². The van der Waals surface area contributed by atoms with Gasteiger partial charge in [0.25, 0.3) is 0 Å². The van der Waals surface area contributed by atoms with Crippen molar-refractivity contribution in [3.63, 3.8) is 0 Å². The SMILES string of the molecule is CN1CC[C@@H]2CN(S(=O)(=O)c3ccc4ncsc4c3)C[C@@H]2C1. The van der Waals surface area contributed by atoms with E-state index >= 15 is 0 Å². The second kappa shape index (κ2) is 5.26. The lowest BCUT2D eigenvalue weighted by atomic mass is 9.89. The van der Waals surface area contributed by atoms with Crippen molar-refractivity contribution in [2.24, 2.45) is 11.8 Å². The highest BCUT2D eigenvalue weighted by molar-refractivity contribution is 7.89. The minimum atomic E-state index is -3.39. The van der Waals surface area contributed by atoms with Crippen LogP contribution in [0.5, 0.6) is 0 Å². The number of thiazole rings is 1. The Balaban J connectivity index is 1.63. The Morgan fingerprint density at radius 1 is 1.23 bits per heavy atom. The number of sulfonamides is 1. The summed E-state index contributed by atoms with van der Waals surface area (Å²) in [6.45, 7) is 3.39. The van der Waals surface area contributed by atoms with E-state index in [4.69, 9.17) is 0 Å². The van der Waals surface area contributed by atoms with Crippen LogP contribution in [0.2, 0.25) is 0 Å². The van der Waals surface area contributed by atoms with Crippen molar-refractivity contribution in [1.29, 1.82) is 0 Å². The highest BCUT2D eigenvalue weighted by Crippen LogP contribution is 2.34. The third-order valence-electron chi connectivity index (χ3n) is 4.91. The summed E-state index contributed by atoms with van der Waals surface area (Å²) in [4.78, 5) is 6.92. The largest absolute Gasteiger partial charge is 0.306 e. The molecular weight excluding hydrogens is 318 g/mol. The fourth-order valence-electron chi connectivity index (χ4n) is 3.65. The first kappa shape index (κ1) is 14.6. The molecule has 2 saturated heterocycles. The number of fused-ring (bicyclic) bond motifs is 2. The summed E-state index contributed by atoms with van der Waals surface area (Å²) in [6.07, 6.45) is 1.10. The number of benzene rings is 1. The quantitative estimate of drug-likeness (QED) is 0.839. The Bertz CT molecular complexity index is 802. The zero-order chi connectivity index (χ0) is 15.3. The third kappa shape index (κ3) is 2.36. The van der Waals surface area contributed by atoms with Crippen molar-refractivity contribution in [2.45, 2.75) is 11.3 Å². The summed E-state index contributed by atoms with van der Waals surface area (Å²) < 4.78 is 28.5. The van der Waals surface area contributed by atoms with Gasteiger partial charge in [-0.1, -0.05) is 0 Å². The summed E-state index contributed by atoms with van der Waals surface area (Å²) >= 11 is 1.48. The lowest BCUT2D eigenvalue weighted by Gasteiger charge is -2.31. The van der Waals surface area contributed by atoms with E-state index < -0.39 is 10.0 Å². The lowest BCUT2D eigenvalue weighted by Crippen LogP contribution is -2.37. The van der Waals surface area contributed by atoms with Gasteiger partial charge in [0.05, 0.1) is 20.6 Å². The average molecular weight is 337 g/mol. The van der Waals surface area contributed by atoms with Gasteiger partial charge in [-0.3, -0.25) is 0 Å². The minimum absolute atomic E-state index is 0.399. The third-order valence-corrected chi connectivity index (χ3v) is 7.53. The maximum atomic E-state index is 12.9. The number of likely N-dealkylation sites (tertiary alicyclic amines) is 1. The second-order valence-electron chi connectivity index (χ2n) is 6.37. The Kier molecular flexibility index (Phi) is 3.48. The molecule has 2 aliphatic rings. The number of nitrogens with zero attached hydrogens (tertiary/aromatic N) is 3. The molecule has 2 atom stereocenters. The first-order valence-corrected chi connectivity index (χ1v) is 9.88. The molecule has 0 unspecified atom stereocenters. The van der Waals surface area contributed by atoms with Crippen LogP contribution in [0.15, 0.2) is 28.6 Å². The Hall–Kier alpha value is -1.02. The topological polar surface area (TPSA) is 53.5 Å². The molecule has 0 saturated carbocycles. The van der Waals surface area contributed by atoms with Crippen LogP contribution < -0.4 is 0 Å². The lowest BCUT2D eigenvalue weighted by molar-refractivity contribution is 0.178. The molecule has 0 aliphatic carbocycles. The summed E-state index contributed by atoms with van der Waals surface area (Å²) in [6, 6.07) is 5.25. The molecule has 2 aliphatic heterocycles. The molecule has 2 aromatic rings. The van der Waals surface area contributed by atoms with Crippen LogP contribution in [0.3, 0.4) is 0 Å². The minimum Gasteiger partial charge on any atom is -0.306 e. The van der Waals surface area contributed by atoms with Crippen molar-refractivity contribution in [2.75, 3.05) is 33.2 Å². The van der Waals surface area contributed by atoms with Gasteiger partial charge < -0.3 is 4.90 Å². The van der Waals surface area contributed by atoms with Crippen LogP contribution >= 0.6 is 11.3 Å². The highest BCUT2D eigenvalue weighted by atomic mass is 32.2. The number of rotatable bonds is 2. The van der Waals surface area contributed by atoms with Gasteiger partial charge in [-0.25, -0.2) is 13.4 Å². The molecule has 0 radical (unpaired) electrons. The van der Waals surface area contributed by atoms with Crippen molar-refractivity contribution in [3.8, 4) is 0 Å². The maximum Gasteiger partial charge on any atom is 0.243 e. The maximum absolute atomic E-state index is 12.9. The highest BCUT2D eigenvalue weighted by Gasteiger charge is 2.41. The van der Waals surface area contributed by atoms with Crippen LogP contribution in [-0.4, -0.2) is 55.8 Å². The summed E-state index contributed by atoms with van der Waals surface area (Å²) in [5, 5.41) is 0. The van der Waals surface area contributed by atoms with Gasteiger partial charge in [0.15, 0.2) is 0 Å². The van der Waals surface area contributed by atoms with E-state index in [9.17, 15) is 8.42 Å². The van der Waals surface area contributed by atoms with Crippen molar-refractivity contribution < 1.29 is 8.42 Å². The molecule has 1 aromatic heterocycles. The van der Waals surface area contributed by atoms with E-state index in [1.165, 1.54) is 11.3 Å². The average Bonchev–Trinajstić information content (AvgIpc) is 3.12. The monoisotopic (exact) mass is 337 g/mol. The molecule has 7 heteroatoms. The van der Waals surface area contributed by atoms with Crippen LogP contribution in [0.25, 0.3) is 10.2 Å². The van der Waals surface area contributed by atoms with Gasteiger partial charge in [0.2, 0.25) is 10.0 Å². The van der Waals surface area contributed by atoms with Gasteiger partial charge in [0, 0.05) is 19.6 Å². The van der Waals surface area contributed by atoms with Crippen LogP contribution in [0, 0.1) is 11.8 Å². The van der Waals surface area contributed by atoms with Gasteiger partial charge in [0.1, 0.15) is 0 Å². The van der Waals surface area contributed by atoms with Gasteiger partial charge in [-0.2, -0.15) is 4.31 Å². The predicted octanol–water partition coefficient (Wildman–Crippen LogP) is 1.87. The number of hydrogen-bond acceptors (Lipinski definition) is 5. The normalized spacial score (nSPS) is 27.3. The molecule has 22 heavy (non-hydrogen) atoms. The van der Waals surface area contributed by atoms with Gasteiger partial charge in [-0.15, -0.1) is 11.3 Å². The molecule has 1 aromatic carbocycles. The predicted molar refractivity (Wildman–Crippen MR) is 87.5 cm³/mol. The summed E-state index contributed by atoms with van der Waals surface area (Å²) in [5.74, 6) is 0.985. The molecule has 0 N–H and O–H groups in total. The van der Waals surface area contributed by atoms with Crippen molar-refractivity contribution in [3.05, 3.63) is 23.7 Å². The van der Waals surface area contributed by atoms with E-state index in [2.05, 4.69) is 16.9 Å². The van der Waals surface area contributed by atoms with Crippen LogP contribution in [0.1, 0.15) is 6.42 Å². The zero-order valence-corrected chi connectivity index (χ0v) is 14.1. The standard InChI is InChI=1S/C15H19N3O2S2/c1-17-5-4-11-8-18(9-12(11)7-17)22(19,20)13-2-3-14-15(6-13)21-10-16-14/h2-3,6,10-12H,4-5,7-9H2,1H3/t11-,12+/m1/s1. The Labute approximate surface area is 134 Å².